The van der Waals surface area contributed by atoms with E-state index in [9.17, 15) is 9.90 Å². The van der Waals surface area contributed by atoms with Gasteiger partial charge in [0.2, 0.25) is 0 Å². The number of phenols is 1. The topological polar surface area (TPSA) is 75.3 Å². The van der Waals surface area contributed by atoms with Crippen molar-refractivity contribution in [3.63, 3.8) is 0 Å². The molecular formula is C19H13Cl3N2O2. The molecule has 0 atom stereocenters. The number of anilines is 3. The highest BCUT2D eigenvalue weighted by Gasteiger charge is 2.20. The van der Waals surface area contributed by atoms with E-state index < -0.39 is 5.78 Å². The van der Waals surface area contributed by atoms with Crippen molar-refractivity contribution in [2.45, 2.75) is 0 Å². The molecule has 0 aliphatic heterocycles. The Kier molecular flexibility index (Phi) is 5.28. The van der Waals surface area contributed by atoms with Gasteiger partial charge in [0.25, 0.3) is 0 Å². The molecule has 7 heteroatoms. The molecule has 0 aliphatic carbocycles. The highest BCUT2D eigenvalue weighted by Crippen LogP contribution is 2.34. The molecule has 0 saturated heterocycles. The predicted molar refractivity (Wildman–Crippen MR) is 107 cm³/mol. The Hall–Kier alpha value is -2.40. The van der Waals surface area contributed by atoms with Crippen molar-refractivity contribution >= 4 is 57.6 Å². The van der Waals surface area contributed by atoms with Gasteiger partial charge in [-0.3, -0.25) is 4.79 Å². The number of ketones is 1. The summed E-state index contributed by atoms with van der Waals surface area (Å²) in [7, 11) is 0. The van der Waals surface area contributed by atoms with E-state index in [-0.39, 0.29) is 31.9 Å². The van der Waals surface area contributed by atoms with Crippen LogP contribution in [0.5, 0.6) is 5.75 Å². The first-order chi connectivity index (χ1) is 12.4. The third kappa shape index (κ3) is 3.73. The molecule has 3 aromatic rings. The van der Waals surface area contributed by atoms with Gasteiger partial charge in [0, 0.05) is 11.3 Å². The van der Waals surface area contributed by atoms with Crippen LogP contribution in [0.3, 0.4) is 0 Å². The highest BCUT2D eigenvalue weighted by atomic mass is 35.5. The standard InChI is InChI=1S/C19H13Cl3N2O2/c20-13-7-10(24-17-4-2-1-3-16(17)23)5-6-12(13)19(26)18-14(21)8-11(25)9-15(18)22/h1-9,24-25H,23H2. The Balaban J connectivity index is 1.93. The minimum absolute atomic E-state index is 0.0512. The number of nitrogens with two attached hydrogens (primary N) is 1. The first-order valence-electron chi connectivity index (χ1n) is 7.50. The summed E-state index contributed by atoms with van der Waals surface area (Å²) < 4.78 is 0. The van der Waals surface area contributed by atoms with E-state index >= 15 is 0 Å². The zero-order valence-electron chi connectivity index (χ0n) is 13.3. The van der Waals surface area contributed by atoms with Crippen molar-refractivity contribution in [1.82, 2.24) is 0 Å². The van der Waals surface area contributed by atoms with Crippen molar-refractivity contribution in [2.75, 3.05) is 11.1 Å². The van der Waals surface area contributed by atoms with Crippen LogP contribution in [0.15, 0.2) is 54.6 Å². The lowest BCUT2D eigenvalue weighted by Crippen LogP contribution is -2.05. The molecule has 0 amide bonds. The van der Waals surface area contributed by atoms with Crippen LogP contribution < -0.4 is 11.1 Å². The number of aromatic hydroxyl groups is 1. The minimum Gasteiger partial charge on any atom is -0.508 e. The van der Waals surface area contributed by atoms with Crippen LogP contribution in [-0.2, 0) is 0 Å². The van der Waals surface area contributed by atoms with Gasteiger partial charge in [-0.2, -0.15) is 0 Å². The SMILES string of the molecule is Nc1ccccc1Nc1ccc(C(=O)c2c(Cl)cc(O)cc2Cl)c(Cl)c1. The van der Waals surface area contributed by atoms with Gasteiger partial charge in [0.15, 0.2) is 5.78 Å². The molecule has 0 bridgehead atoms. The Morgan fingerprint density at radius 2 is 1.58 bits per heavy atom. The average molecular weight is 408 g/mol. The molecule has 0 saturated carbocycles. The summed E-state index contributed by atoms with van der Waals surface area (Å²) in [6.07, 6.45) is 0. The molecule has 0 spiro atoms. The van der Waals surface area contributed by atoms with Gasteiger partial charge in [0.1, 0.15) is 5.75 Å². The molecule has 0 aliphatic rings. The van der Waals surface area contributed by atoms with E-state index in [1.165, 1.54) is 12.1 Å². The number of benzene rings is 3. The van der Waals surface area contributed by atoms with Crippen LogP contribution in [0.2, 0.25) is 15.1 Å². The quantitative estimate of drug-likeness (QED) is 0.371. The molecular weight excluding hydrogens is 395 g/mol. The highest BCUT2D eigenvalue weighted by molar-refractivity contribution is 6.43. The second kappa shape index (κ2) is 7.46. The third-order valence-electron chi connectivity index (χ3n) is 3.71. The summed E-state index contributed by atoms with van der Waals surface area (Å²) in [6, 6.07) is 14.7. The maximum Gasteiger partial charge on any atom is 0.197 e. The van der Waals surface area contributed by atoms with E-state index in [2.05, 4.69) is 5.32 Å². The molecule has 3 rings (SSSR count). The van der Waals surface area contributed by atoms with Gasteiger partial charge in [-0.1, -0.05) is 46.9 Å². The van der Waals surface area contributed by atoms with Crippen LogP contribution in [0, 0.1) is 0 Å². The molecule has 0 heterocycles. The molecule has 0 fully saturated rings. The second-order valence-corrected chi connectivity index (χ2v) is 6.74. The summed E-state index contributed by atoms with van der Waals surface area (Å²) in [5, 5.41) is 13.0. The largest absolute Gasteiger partial charge is 0.508 e. The monoisotopic (exact) mass is 406 g/mol. The lowest BCUT2D eigenvalue weighted by atomic mass is 10.0. The Labute approximate surface area is 165 Å². The van der Waals surface area contributed by atoms with E-state index in [1.807, 2.05) is 18.2 Å². The first-order valence-corrected chi connectivity index (χ1v) is 8.64. The van der Waals surface area contributed by atoms with Crippen LogP contribution in [0.4, 0.5) is 17.1 Å². The minimum atomic E-state index is -0.434. The zero-order valence-corrected chi connectivity index (χ0v) is 15.5. The third-order valence-corrected chi connectivity index (χ3v) is 4.62. The number of nitrogen functional groups attached to an aromatic ring is 1. The van der Waals surface area contributed by atoms with E-state index in [0.29, 0.717) is 11.4 Å². The number of hydrogen-bond donors (Lipinski definition) is 3. The summed E-state index contributed by atoms with van der Waals surface area (Å²) in [5.41, 5.74) is 8.23. The van der Waals surface area contributed by atoms with E-state index in [0.717, 1.165) is 5.69 Å². The zero-order chi connectivity index (χ0) is 18.8. The number of halogens is 3. The van der Waals surface area contributed by atoms with Crippen LogP contribution in [0.25, 0.3) is 0 Å². The molecule has 4 nitrogen and oxygen atoms in total. The number of rotatable bonds is 4. The van der Waals surface area contributed by atoms with Crippen LogP contribution in [0.1, 0.15) is 15.9 Å². The first kappa shape index (κ1) is 18.4. The van der Waals surface area contributed by atoms with Gasteiger partial charge in [-0.15, -0.1) is 0 Å². The Morgan fingerprint density at radius 1 is 0.923 bits per heavy atom. The predicted octanol–water partition coefficient (Wildman–Crippen LogP) is 5.91. The second-order valence-electron chi connectivity index (χ2n) is 5.52. The van der Waals surface area contributed by atoms with E-state index in [1.54, 1.807) is 24.3 Å². The molecule has 0 aromatic heterocycles. The molecule has 26 heavy (non-hydrogen) atoms. The Morgan fingerprint density at radius 3 is 2.19 bits per heavy atom. The van der Waals surface area contributed by atoms with Gasteiger partial charge >= 0.3 is 0 Å². The fraction of sp³-hybridized carbons (Fsp3) is 0. The number of hydrogen-bond acceptors (Lipinski definition) is 4. The summed E-state index contributed by atoms with van der Waals surface area (Å²) in [6.45, 7) is 0. The summed E-state index contributed by atoms with van der Waals surface area (Å²) >= 11 is 18.4. The smallest absolute Gasteiger partial charge is 0.197 e. The van der Waals surface area contributed by atoms with Crippen molar-refractivity contribution in [3.8, 4) is 5.75 Å². The summed E-state index contributed by atoms with van der Waals surface area (Å²) in [4.78, 5) is 12.8. The van der Waals surface area contributed by atoms with Gasteiger partial charge in [-0.05, 0) is 42.5 Å². The number of phenolic OH excluding ortho intramolecular Hbond substituents is 1. The van der Waals surface area contributed by atoms with Crippen LogP contribution >= 0.6 is 34.8 Å². The molecule has 3 aromatic carbocycles. The number of nitrogens with one attached hydrogen (secondary N) is 1. The van der Waals surface area contributed by atoms with Gasteiger partial charge < -0.3 is 16.2 Å². The normalized spacial score (nSPS) is 10.6. The van der Waals surface area contributed by atoms with Crippen molar-refractivity contribution < 1.29 is 9.90 Å². The lowest BCUT2D eigenvalue weighted by Gasteiger charge is -2.12. The van der Waals surface area contributed by atoms with Crippen molar-refractivity contribution in [2.24, 2.45) is 0 Å². The van der Waals surface area contributed by atoms with Gasteiger partial charge in [0.05, 0.1) is 32.0 Å². The van der Waals surface area contributed by atoms with Crippen molar-refractivity contribution in [3.05, 3.63) is 80.8 Å². The molecule has 4 N–H and O–H groups in total. The fourth-order valence-corrected chi connectivity index (χ4v) is 3.37. The molecule has 0 radical (unpaired) electrons. The number of para-hydroxylation sites is 2. The maximum absolute atomic E-state index is 12.8. The molecule has 0 unspecified atom stereocenters. The lowest BCUT2D eigenvalue weighted by molar-refractivity contribution is 0.103. The number of carbonyl (C=O) groups is 1. The van der Waals surface area contributed by atoms with Gasteiger partial charge in [-0.25, -0.2) is 0 Å². The maximum atomic E-state index is 12.8. The van der Waals surface area contributed by atoms with E-state index in [4.69, 9.17) is 40.5 Å². The average Bonchev–Trinajstić information content (AvgIpc) is 2.56. The summed E-state index contributed by atoms with van der Waals surface area (Å²) in [5.74, 6) is -0.557. The molecule has 132 valence electrons. The number of carbonyl (C=O) groups excluding carboxylic acids is 1. The van der Waals surface area contributed by atoms with Crippen molar-refractivity contribution in [1.29, 1.82) is 0 Å². The fourth-order valence-electron chi connectivity index (χ4n) is 2.45. The van der Waals surface area contributed by atoms with Crippen LogP contribution in [-0.4, -0.2) is 10.9 Å². The Bertz CT molecular complexity index is 983.